The summed E-state index contributed by atoms with van der Waals surface area (Å²) in [5, 5.41) is 2.77. The van der Waals surface area contributed by atoms with Crippen molar-refractivity contribution in [3.63, 3.8) is 0 Å². The molecule has 0 aliphatic carbocycles. The largest absolute Gasteiger partial charge is 0.494 e. The molecule has 1 heterocycles. The zero-order valence-electron chi connectivity index (χ0n) is 12.4. The van der Waals surface area contributed by atoms with Crippen molar-refractivity contribution in [2.45, 2.75) is 26.2 Å². The molecule has 1 aromatic rings. The highest BCUT2D eigenvalue weighted by Gasteiger charge is 2.17. The number of carbonyl (C=O) groups excluding carboxylic acids is 2. The highest BCUT2D eigenvalue weighted by Crippen LogP contribution is 2.12. The van der Waals surface area contributed by atoms with Crippen molar-refractivity contribution < 1.29 is 14.3 Å². The minimum atomic E-state index is 0.0213. The van der Waals surface area contributed by atoms with E-state index in [-0.39, 0.29) is 11.8 Å². The summed E-state index contributed by atoms with van der Waals surface area (Å²) in [5.41, 5.74) is 1.20. The van der Waals surface area contributed by atoms with Gasteiger partial charge in [-0.1, -0.05) is 17.7 Å². The van der Waals surface area contributed by atoms with E-state index < -0.39 is 0 Å². The van der Waals surface area contributed by atoms with Crippen LogP contribution >= 0.6 is 0 Å². The molecule has 0 spiro atoms. The molecule has 114 valence electrons. The molecule has 1 aliphatic heterocycles. The Morgan fingerprint density at radius 1 is 1.29 bits per heavy atom. The summed E-state index contributed by atoms with van der Waals surface area (Å²) in [7, 11) is 0. The van der Waals surface area contributed by atoms with E-state index in [1.165, 1.54) is 5.56 Å². The van der Waals surface area contributed by atoms with Crippen LogP contribution in [0.2, 0.25) is 0 Å². The third kappa shape index (κ3) is 5.10. The van der Waals surface area contributed by atoms with Crippen molar-refractivity contribution in [3.8, 4) is 5.75 Å². The van der Waals surface area contributed by atoms with Crippen LogP contribution in [0.1, 0.15) is 24.8 Å². The topological polar surface area (TPSA) is 58.6 Å². The number of rotatable bonds is 5. The van der Waals surface area contributed by atoms with E-state index >= 15 is 0 Å². The molecule has 1 N–H and O–H groups in total. The second-order valence-corrected chi connectivity index (χ2v) is 5.25. The number of ether oxygens (including phenoxy) is 1. The molecular weight excluding hydrogens is 268 g/mol. The van der Waals surface area contributed by atoms with E-state index in [1.807, 2.05) is 31.2 Å². The fourth-order valence-corrected chi connectivity index (χ4v) is 2.22. The SMILES string of the molecule is Cc1ccc(OCCCC(=O)N2CCNC(=O)CC2)cc1. The van der Waals surface area contributed by atoms with Gasteiger partial charge < -0.3 is 15.0 Å². The van der Waals surface area contributed by atoms with Crippen molar-refractivity contribution in [1.82, 2.24) is 10.2 Å². The Hall–Kier alpha value is -2.04. The van der Waals surface area contributed by atoms with Gasteiger partial charge in [0, 0.05) is 32.5 Å². The lowest BCUT2D eigenvalue weighted by atomic mass is 10.2. The van der Waals surface area contributed by atoms with Gasteiger partial charge in [0.05, 0.1) is 6.61 Å². The molecule has 21 heavy (non-hydrogen) atoms. The average molecular weight is 290 g/mol. The Morgan fingerprint density at radius 3 is 2.81 bits per heavy atom. The van der Waals surface area contributed by atoms with Crippen LogP contribution in [0.15, 0.2) is 24.3 Å². The van der Waals surface area contributed by atoms with E-state index in [1.54, 1.807) is 4.90 Å². The molecule has 1 fully saturated rings. The van der Waals surface area contributed by atoms with Gasteiger partial charge in [-0.2, -0.15) is 0 Å². The summed E-state index contributed by atoms with van der Waals surface area (Å²) >= 11 is 0. The first-order chi connectivity index (χ1) is 10.1. The van der Waals surface area contributed by atoms with Gasteiger partial charge in [-0.15, -0.1) is 0 Å². The number of carbonyl (C=O) groups is 2. The third-order valence-corrected chi connectivity index (χ3v) is 3.49. The zero-order chi connectivity index (χ0) is 15.1. The molecule has 5 heteroatoms. The summed E-state index contributed by atoms with van der Waals surface area (Å²) in [6.07, 6.45) is 1.54. The molecule has 2 rings (SSSR count). The van der Waals surface area contributed by atoms with Gasteiger partial charge in [-0.05, 0) is 25.5 Å². The van der Waals surface area contributed by atoms with Crippen molar-refractivity contribution >= 4 is 11.8 Å². The number of aryl methyl sites for hydroxylation is 1. The molecule has 1 saturated heterocycles. The van der Waals surface area contributed by atoms with E-state index in [0.29, 0.717) is 45.5 Å². The summed E-state index contributed by atoms with van der Waals surface area (Å²) in [4.78, 5) is 25.0. The van der Waals surface area contributed by atoms with Crippen LogP contribution in [0.3, 0.4) is 0 Å². The molecular formula is C16H22N2O3. The molecule has 0 bridgehead atoms. The molecule has 0 radical (unpaired) electrons. The van der Waals surface area contributed by atoms with Gasteiger partial charge in [-0.3, -0.25) is 9.59 Å². The maximum absolute atomic E-state index is 12.0. The Labute approximate surface area is 125 Å². The van der Waals surface area contributed by atoms with E-state index in [9.17, 15) is 9.59 Å². The lowest BCUT2D eigenvalue weighted by Gasteiger charge is -2.19. The van der Waals surface area contributed by atoms with E-state index in [2.05, 4.69) is 5.32 Å². The van der Waals surface area contributed by atoms with Gasteiger partial charge in [0.25, 0.3) is 0 Å². The Bertz CT molecular complexity index is 485. The van der Waals surface area contributed by atoms with E-state index in [4.69, 9.17) is 4.74 Å². The minimum Gasteiger partial charge on any atom is -0.494 e. The lowest BCUT2D eigenvalue weighted by Crippen LogP contribution is -2.34. The minimum absolute atomic E-state index is 0.0213. The van der Waals surface area contributed by atoms with E-state index in [0.717, 1.165) is 5.75 Å². The maximum Gasteiger partial charge on any atom is 0.222 e. The maximum atomic E-state index is 12.0. The average Bonchev–Trinajstić information content (AvgIpc) is 2.70. The highest BCUT2D eigenvalue weighted by atomic mass is 16.5. The quantitative estimate of drug-likeness (QED) is 0.836. The van der Waals surface area contributed by atoms with Crippen molar-refractivity contribution in [2.24, 2.45) is 0 Å². The molecule has 1 aromatic carbocycles. The van der Waals surface area contributed by atoms with Gasteiger partial charge in [0.2, 0.25) is 11.8 Å². The molecule has 0 atom stereocenters. The van der Waals surface area contributed by atoms with Crippen LogP contribution in [0.4, 0.5) is 0 Å². The van der Waals surface area contributed by atoms with Crippen LogP contribution in [0, 0.1) is 6.92 Å². The van der Waals surface area contributed by atoms with Crippen molar-refractivity contribution in [2.75, 3.05) is 26.2 Å². The predicted molar refractivity (Wildman–Crippen MR) is 80.1 cm³/mol. The number of hydrogen-bond donors (Lipinski definition) is 1. The lowest BCUT2D eigenvalue weighted by molar-refractivity contribution is -0.131. The van der Waals surface area contributed by atoms with Gasteiger partial charge >= 0.3 is 0 Å². The smallest absolute Gasteiger partial charge is 0.222 e. The van der Waals surface area contributed by atoms with Gasteiger partial charge in [-0.25, -0.2) is 0 Å². The number of nitrogens with one attached hydrogen (secondary N) is 1. The molecule has 1 aliphatic rings. The monoisotopic (exact) mass is 290 g/mol. The number of amides is 2. The van der Waals surface area contributed by atoms with Crippen molar-refractivity contribution in [3.05, 3.63) is 29.8 Å². The van der Waals surface area contributed by atoms with Crippen LogP contribution in [0.5, 0.6) is 5.75 Å². The Balaban J connectivity index is 1.67. The summed E-state index contributed by atoms with van der Waals surface area (Å²) in [6, 6.07) is 7.87. The predicted octanol–water partition coefficient (Wildman–Crippen LogP) is 1.50. The molecule has 0 saturated carbocycles. The van der Waals surface area contributed by atoms with Gasteiger partial charge in [0.15, 0.2) is 0 Å². The van der Waals surface area contributed by atoms with Crippen LogP contribution in [-0.2, 0) is 9.59 Å². The number of hydrogen-bond acceptors (Lipinski definition) is 3. The molecule has 0 unspecified atom stereocenters. The van der Waals surface area contributed by atoms with Crippen LogP contribution in [-0.4, -0.2) is 43.0 Å². The first kappa shape index (κ1) is 15.4. The first-order valence-electron chi connectivity index (χ1n) is 7.39. The summed E-state index contributed by atoms with van der Waals surface area (Å²) in [6.45, 7) is 4.22. The number of benzene rings is 1. The normalized spacial score (nSPS) is 15.3. The fourth-order valence-electron chi connectivity index (χ4n) is 2.22. The Morgan fingerprint density at radius 2 is 2.05 bits per heavy atom. The third-order valence-electron chi connectivity index (χ3n) is 3.49. The molecule has 5 nitrogen and oxygen atoms in total. The molecule has 0 aromatic heterocycles. The fraction of sp³-hybridized carbons (Fsp3) is 0.500. The van der Waals surface area contributed by atoms with Crippen molar-refractivity contribution in [1.29, 1.82) is 0 Å². The standard InChI is InChI=1S/C16H22N2O3/c1-13-4-6-14(7-5-13)21-12-2-3-16(20)18-10-8-15(19)17-9-11-18/h4-7H,2-3,8-12H2,1H3,(H,17,19). The van der Waals surface area contributed by atoms with Gasteiger partial charge in [0.1, 0.15) is 5.75 Å². The first-order valence-corrected chi connectivity index (χ1v) is 7.39. The number of nitrogens with zero attached hydrogens (tertiary/aromatic N) is 1. The Kier molecular flexibility index (Phi) is 5.60. The summed E-state index contributed by atoms with van der Waals surface area (Å²) < 4.78 is 5.60. The van der Waals surface area contributed by atoms with Crippen LogP contribution in [0.25, 0.3) is 0 Å². The zero-order valence-corrected chi connectivity index (χ0v) is 12.4. The molecule has 2 amide bonds. The summed E-state index contributed by atoms with van der Waals surface area (Å²) in [5.74, 6) is 0.949. The second-order valence-electron chi connectivity index (χ2n) is 5.25. The highest BCUT2D eigenvalue weighted by molar-refractivity contribution is 5.80. The van der Waals surface area contributed by atoms with Crippen LogP contribution < -0.4 is 10.1 Å². The second kappa shape index (κ2) is 7.67.